The van der Waals surface area contributed by atoms with Gasteiger partial charge in [-0.3, -0.25) is 0 Å². The van der Waals surface area contributed by atoms with E-state index < -0.39 is 5.97 Å². The minimum Gasteiger partial charge on any atom is -0.478 e. The van der Waals surface area contributed by atoms with Gasteiger partial charge in [0.15, 0.2) is 11.5 Å². The van der Waals surface area contributed by atoms with Crippen molar-refractivity contribution in [2.24, 2.45) is 0 Å². The van der Waals surface area contributed by atoms with Crippen molar-refractivity contribution in [1.82, 2.24) is 0 Å². The molecule has 2 N–H and O–H groups in total. The van der Waals surface area contributed by atoms with E-state index in [1.54, 1.807) is 18.2 Å². The van der Waals surface area contributed by atoms with Gasteiger partial charge in [0, 0.05) is 17.8 Å². The number of anilines is 1. The van der Waals surface area contributed by atoms with Crippen LogP contribution in [0.1, 0.15) is 21.5 Å². The Morgan fingerprint density at radius 2 is 2.14 bits per heavy atom. The molecule has 21 heavy (non-hydrogen) atoms. The number of benzene rings is 2. The number of carbonyl (C=O) groups is 1. The number of hydrogen-bond acceptors (Lipinski definition) is 4. The number of aryl methyl sites for hydroxylation is 1. The number of nitrogens with one attached hydrogen (secondary N) is 1. The molecule has 0 fully saturated rings. The van der Waals surface area contributed by atoms with Crippen LogP contribution in [0, 0.1) is 6.92 Å². The summed E-state index contributed by atoms with van der Waals surface area (Å²) in [5.74, 6) is 0.605. The van der Waals surface area contributed by atoms with Gasteiger partial charge in [0.25, 0.3) is 0 Å². The molecule has 1 aliphatic rings. The monoisotopic (exact) mass is 285 g/mol. The minimum absolute atomic E-state index is 0.249. The lowest BCUT2D eigenvalue weighted by Gasteiger charge is -2.11. The summed E-state index contributed by atoms with van der Waals surface area (Å²) < 4.78 is 10.8. The SMILES string of the molecule is Cc1cc(C(=O)O)ccc1NCc1cccc2c1OCO2. The molecule has 3 rings (SSSR count). The zero-order valence-corrected chi connectivity index (χ0v) is 11.6. The number of carboxylic acid groups (broad SMARTS) is 1. The third-order valence-corrected chi connectivity index (χ3v) is 3.42. The molecule has 108 valence electrons. The van der Waals surface area contributed by atoms with Crippen molar-refractivity contribution in [3.63, 3.8) is 0 Å². The minimum atomic E-state index is -0.920. The van der Waals surface area contributed by atoms with Crippen LogP contribution in [-0.2, 0) is 6.54 Å². The number of carboxylic acids is 1. The van der Waals surface area contributed by atoms with Gasteiger partial charge in [-0.2, -0.15) is 0 Å². The summed E-state index contributed by atoms with van der Waals surface area (Å²) in [5, 5.41) is 12.3. The van der Waals surface area contributed by atoms with Crippen LogP contribution in [-0.4, -0.2) is 17.9 Å². The van der Waals surface area contributed by atoms with Crippen LogP contribution in [0.15, 0.2) is 36.4 Å². The molecule has 0 aromatic heterocycles. The summed E-state index contributed by atoms with van der Waals surface area (Å²) in [6.07, 6.45) is 0. The molecule has 0 bridgehead atoms. The van der Waals surface area contributed by atoms with Gasteiger partial charge >= 0.3 is 5.97 Å². The van der Waals surface area contributed by atoms with E-state index in [1.807, 2.05) is 25.1 Å². The van der Waals surface area contributed by atoms with Gasteiger partial charge in [-0.05, 0) is 36.8 Å². The highest BCUT2D eigenvalue weighted by Crippen LogP contribution is 2.35. The van der Waals surface area contributed by atoms with Crippen molar-refractivity contribution in [2.45, 2.75) is 13.5 Å². The quantitative estimate of drug-likeness (QED) is 0.903. The van der Waals surface area contributed by atoms with E-state index in [0.717, 1.165) is 28.3 Å². The summed E-state index contributed by atoms with van der Waals surface area (Å²) in [6.45, 7) is 2.71. The first-order valence-corrected chi connectivity index (χ1v) is 6.60. The molecular weight excluding hydrogens is 270 g/mol. The predicted molar refractivity (Wildman–Crippen MR) is 78.0 cm³/mol. The van der Waals surface area contributed by atoms with Crippen molar-refractivity contribution in [3.05, 3.63) is 53.1 Å². The molecule has 1 heterocycles. The second kappa shape index (κ2) is 5.36. The van der Waals surface area contributed by atoms with Gasteiger partial charge < -0.3 is 19.9 Å². The second-order valence-corrected chi connectivity index (χ2v) is 4.84. The summed E-state index contributed by atoms with van der Waals surface area (Å²) in [7, 11) is 0. The topological polar surface area (TPSA) is 67.8 Å². The Bertz CT molecular complexity index is 697. The highest BCUT2D eigenvalue weighted by Gasteiger charge is 2.17. The van der Waals surface area contributed by atoms with Crippen molar-refractivity contribution in [1.29, 1.82) is 0 Å². The van der Waals surface area contributed by atoms with Crippen LogP contribution in [0.5, 0.6) is 11.5 Å². The fourth-order valence-corrected chi connectivity index (χ4v) is 2.32. The Kier molecular flexibility index (Phi) is 3.39. The maximum atomic E-state index is 10.9. The molecule has 0 unspecified atom stereocenters. The Morgan fingerprint density at radius 3 is 2.90 bits per heavy atom. The Labute approximate surface area is 122 Å². The smallest absolute Gasteiger partial charge is 0.335 e. The molecule has 0 spiro atoms. The van der Waals surface area contributed by atoms with Crippen molar-refractivity contribution < 1.29 is 19.4 Å². The van der Waals surface area contributed by atoms with E-state index in [2.05, 4.69) is 5.32 Å². The van der Waals surface area contributed by atoms with Crippen LogP contribution >= 0.6 is 0 Å². The largest absolute Gasteiger partial charge is 0.478 e. The number of rotatable bonds is 4. The maximum absolute atomic E-state index is 10.9. The highest BCUT2D eigenvalue weighted by atomic mass is 16.7. The molecule has 5 nitrogen and oxygen atoms in total. The second-order valence-electron chi connectivity index (χ2n) is 4.84. The maximum Gasteiger partial charge on any atom is 0.335 e. The molecule has 1 aliphatic heterocycles. The Hall–Kier alpha value is -2.69. The first kappa shape index (κ1) is 13.3. The zero-order chi connectivity index (χ0) is 14.8. The molecule has 5 heteroatoms. The zero-order valence-electron chi connectivity index (χ0n) is 11.6. The molecule has 0 radical (unpaired) electrons. The van der Waals surface area contributed by atoms with Gasteiger partial charge in [0.2, 0.25) is 6.79 Å². The van der Waals surface area contributed by atoms with E-state index in [0.29, 0.717) is 6.54 Å². The van der Waals surface area contributed by atoms with Crippen LogP contribution in [0.2, 0.25) is 0 Å². The number of fused-ring (bicyclic) bond motifs is 1. The number of aromatic carboxylic acids is 1. The predicted octanol–water partition coefficient (Wildman–Crippen LogP) is 3.03. The molecule has 0 aliphatic carbocycles. The lowest BCUT2D eigenvalue weighted by molar-refractivity contribution is 0.0697. The first-order valence-electron chi connectivity index (χ1n) is 6.60. The summed E-state index contributed by atoms with van der Waals surface area (Å²) in [6, 6.07) is 10.8. The van der Waals surface area contributed by atoms with Gasteiger partial charge in [0.05, 0.1) is 5.56 Å². The van der Waals surface area contributed by atoms with Crippen LogP contribution in [0.3, 0.4) is 0 Å². The average Bonchev–Trinajstić information content (AvgIpc) is 2.94. The van der Waals surface area contributed by atoms with Crippen molar-refractivity contribution in [3.8, 4) is 11.5 Å². The van der Waals surface area contributed by atoms with E-state index in [4.69, 9.17) is 14.6 Å². The fraction of sp³-hybridized carbons (Fsp3) is 0.188. The first-order chi connectivity index (χ1) is 10.1. The molecule has 2 aromatic carbocycles. The fourth-order valence-electron chi connectivity index (χ4n) is 2.32. The molecule has 2 aromatic rings. The van der Waals surface area contributed by atoms with E-state index >= 15 is 0 Å². The molecular formula is C16H15NO4. The molecule has 0 saturated heterocycles. The summed E-state index contributed by atoms with van der Waals surface area (Å²) in [4.78, 5) is 10.9. The van der Waals surface area contributed by atoms with Crippen molar-refractivity contribution >= 4 is 11.7 Å². The Morgan fingerprint density at radius 1 is 1.29 bits per heavy atom. The molecule has 0 atom stereocenters. The summed E-state index contributed by atoms with van der Waals surface area (Å²) >= 11 is 0. The standard InChI is InChI=1S/C16H15NO4/c1-10-7-11(16(18)19)5-6-13(10)17-8-12-3-2-4-14-15(12)21-9-20-14/h2-7,17H,8-9H2,1H3,(H,18,19). The van der Waals surface area contributed by atoms with Crippen LogP contribution in [0.4, 0.5) is 5.69 Å². The van der Waals surface area contributed by atoms with Crippen LogP contribution in [0.25, 0.3) is 0 Å². The highest BCUT2D eigenvalue weighted by molar-refractivity contribution is 5.88. The number of hydrogen-bond donors (Lipinski definition) is 2. The van der Waals surface area contributed by atoms with Gasteiger partial charge in [0.1, 0.15) is 0 Å². The van der Waals surface area contributed by atoms with Gasteiger partial charge in [-0.25, -0.2) is 4.79 Å². The average molecular weight is 285 g/mol. The molecule has 0 saturated carbocycles. The van der Waals surface area contributed by atoms with Gasteiger partial charge in [-0.1, -0.05) is 12.1 Å². The summed E-state index contributed by atoms with van der Waals surface area (Å²) in [5.41, 5.74) is 3.08. The Balaban J connectivity index is 1.77. The normalized spacial score (nSPS) is 12.2. The van der Waals surface area contributed by atoms with E-state index in [9.17, 15) is 4.79 Å². The van der Waals surface area contributed by atoms with E-state index in [-0.39, 0.29) is 12.4 Å². The number of ether oxygens (including phenoxy) is 2. The number of para-hydroxylation sites is 1. The molecule has 0 amide bonds. The third kappa shape index (κ3) is 2.63. The van der Waals surface area contributed by atoms with Crippen LogP contribution < -0.4 is 14.8 Å². The lowest BCUT2D eigenvalue weighted by Crippen LogP contribution is -2.04. The third-order valence-electron chi connectivity index (χ3n) is 3.42. The lowest BCUT2D eigenvalue weighted by atomic mass is 10.1. The van der Waals surface area contributed by atoms with Gasteiger partial charge in [-0.15, -0.1) is 0 Å². The van der Waals surface area contributed by atoms with Crippen molar-refractivity contribution in [2.75, 3.05) is 12.1 Å². The van der Waals surface area contributed by atoms with E-state index in [1.165, 1.54) is 0 Å².